The molecule has 0 aliphatic carbocycles. The molecule has 0 radical (unpaired) electrons. The van der Waals surface area contributed by atoms with Gasteiger partial charge in [-0.15, -0.1) is 0 Å². The summed E-state index contributed by atoms with van der Waals surface area (Å²) in [6.07, 6.45) is 0. The van der Waals surface area contributed by atoms with Crippen LogP contribution in [0.4, 0.5) is 0 Å². The maximum atomic E-state index is 9.93. The Morgan fingerprint density at radius 2 is 1.31 bits per heavy atom. The van der Waals surface area contributed by atoms with Crippen molar-refractivity contribution in [2.45, 2.75) is 5.25 Å². The molecule has 1 N–H and O–H groups in total. The molecule has 0 aliphatic rings. The number of carboxylic acids is 2. The van der Waals surface area contributed by atoms with Crippen molar-refractivity contribution in [3.63, 3.8) is 0 Å². The van der Waals surface area contributed by atoms with E-state index in [-0.39, 0.29) is 103 Å². The normalized spacial score (nSPS) is 9.69. The minimum atomic E-state index is -5.19. The average Bonchev–Trinajstić information content (AvgIpc) is 1.54. The van der Waals surface area contributed by atoms with Gasteiger partial charge in [-0.1, -0.05) is 0 Å². The van der Waals surface area contributed by atoms with Crippen molar-refractivity contribution in [3.8, 4) is 0 Å². The van der Waals surface area contributed by atoms with Gasteiger partial charge in [0.1, 0.15) is 0 Å². The van der Waals surface area contributed by atoms with Gasteiger partial charge in [0, 0.05) is 0 Å². The summed E-state index contributed by atoms with van der Waals surface area (Å²) in [5.41, 5.74) is 0. The van der Waals surface area contributed by atoms with Crippen LogP contribution in [0.5, 0.6) is 0 Å². The fourth-order valence-electron chi connectivity index (χ4n) is 0.339. The molecule has 0 bridgehead atoms. The van der Waals surface area contributed by atoms with Gasteiger partial charge in [-0.3, -0.25) is 4.55 Å². The monoisotopic (exact) mass is 260 g/mol. The first-order valence-corrected chi connectivity index (χ1v) is 3.65. The molecule has 0 aliphatic heterocycles. The number of aliphatic carboxylic acids is 2. The van der Waals surface area contributed by atoms with E-state index in [1.54, 1.807) is 0 Å². The molecular weight excluding hydrogens is 258 g/mol. The molecule has 0 aromatic heterocycles. The summed E-state index contributed by atoms with van der Waals surface area (Å²) in [7, 11) is -5.19. The molecule has 64 valence electrons. The zero-order chi connectivity index (χ0) is 9.23. The molecule has 0 unspecified atom stereocenters. The third kappa shape index (κ3) is 7.98. The van der Waals surface area contributed by atoms with Crippen molar-refractivity contribution in [2.24, 2.45) is 0 Å². The quantitative estimate of drug-likeness (QED) is 0.302. The van der Waals surface area contributed by atoms with Crippen molar-refractivity contribution in [3.05, 3.63) is 0 Å². The third-order valence-corrected chi connectivity index (χ3v) is 1.71. The van der Waals surface area contributed by atoms with Crippen LogP contribution in [0.1, 0.15) is 0 Å². The zero-order valence-corrected chi connectivity index (χ0v) is 13.9. The third-order valence-electron chi connectivity index (χ3n) is 0.726. The molecule has 0 fully saturated rings. The summed E-state index contributed by atoms with van der Waals surface area (Å²) in [4.78, 5) is 19.4. The Hall–Kier alpha value is 2.12. The van der Waals surface area contributed by atoms with E-state index in [2.05, 4.69) is 0 Å². The SMILES string of the molecule is O=C([O-])C(C(=O)[O-])S(=O)(=O)O.[K+].[K+]. The second-order valence-corrected chi connectivity index (χ2v) is 3.03. The van der Waals surface area contributed by atoms with Gasteiger partial charge in [0.25, 0.3) is 10.1 Å². The molecule has 7 nitrogen and oxygen atoms in total. The Kier molecular flexibility index (Phi) is 13.1. The van der Waals surface area contributed by atoms with Gasteiger partial charge in [0.05, 0.1) is 11.9 Å². The van der Waals surface area contributed by atoms with Crippen molar-refractivity contribution in [1.82, 2.24) is 0 Å². The van der Waals surface area contributed by atoms with E-state index in [4.69, 9.17) is 4.55 Å². The number of carboxylic acid groups (broad SMARTS) is 2. The molecule has 0 atom stereocenters. The van der Waals surface area contributed by atoms with Crippen LogP contribution >= 0.6 is 0 Å². The van der Waals surface area contributed by atoms with Crippen LogP contribution in [0.3, 0.4) is 0 Å². The van der Waals surface area contributed by atoms with Gasteiger partial charge in [-0.2, -0.15) is 8.42 Å². The first kappa shape index (κ1) is 20.5. The van der Waals surface area contributed by atoms with Crippen LogP contribution in [0.2, 0.25) is 0 Å². The topological polar surface area (TPSA) is 135 Å². The molecule has 0 heterocycles. The molecule has 0 aromatic rings. The van der Waals surface area contributed by atoms with Gasteiger partial charge in [0.2, 0.25) is 0 Å². The van der Waals surface area contributed by atoms with Crippen molar-refractivity contribution < 1.29 is 136 Å². The minimum absolute atomic E-state index is 0. The van der Waals surface area contributed by atoms with Crippen LogP contribution in [0.25, 0.3) is 0 Å². The van der Waals surface area contributed by atoms with E-state index < -0.39 is 27.3 Å². The van der Waals surface area contributed by atoms with E-state index in [1.165, 1.54) is 0 Å². The molecule has 0 amide bonds. The molecule has 0 rings (SSSR count). The van der Waals surface area contributed by atoms with Crippen LogP contribution in [0.15, 0.2) is 0 Å². The number of hydrogen-bond donors (Lipinski definition) is 1. The van der Waals surface area contributed by atoms with Crippen molar-refractivity contribution in [1.29, 1.82) is 0 Å². The second-order valence-electron chi connectivity index (χ2n) is 1.53. The zero-order valence-electron chi connectivity index (χ0n) is 6.88. The molecule has 0 spiro atoms. The Morgan fingerprint density at radius 1 is 1.08 bits per heavy atom. The molecule has 10 heteroatoms. The first-order valence-electron chi connectivity index (χ1n) is 2.15. The Bertz CT molecular complexity index is 268. The number of rotatable bonds is 3. The van der Waals surface area contributed by atoms with Gasteiger partial charge < -0.3 is 19.8 Å². The van der Waals surface area contributed by atoms with Crippen LogP contribution < -0.4 is 113 Å². The van der Waals surface area contributed by atoms with Crippen molar-refractivity contribution in [2.75, 3.05) is 0 Å². The van der Waals surface area contributed by atoms with E-state index in [9.17, 15) is 28.2 Å². The second kappa shape index (κ2) is 8.30. The summed E-state index contributed by atoms with van der Waals surface area (Å²) in [5, 5.41) is 16.4. The summed E-state index contributed by atoms with van der Waals surface area (Å²) in [6.45, 7) is 0. The summed E-state index contributed by atoms with van der Waals surface area (Å²) in [6, 6.07) is 0. The first-order chi connectivity index (χ1) is 4.76. The molecular formula is C3H2K2O7S. The smallest absolute Gasteiger partial charge is 0.548 e. The van der Waals surface area contributed by atoms with Crippen molar-refractivity contribution >= 4 is 22.1 Å². The summed E-state index contributed by atoms with van der Waals surface area (Å²) >= 11 is 0. The molecule has 0 saturated heterocycles. The maximum absolute atomic E-state index is 9.93. The van der Waals surface area contributed by atoms with Crippen LogP contribution in [-0.2, 0) is 19.7 Å². The van der Waals surface area contributed by atoms with Gasteiger partial charge in [-0.25, -0.2) is 0 Å². The molecule has 13 heavy (non-hydrogen) atoms. The van der Waals surface area contributed by atoms with E-state index in [0.29, 0.717) is 0 Å². The van der Waals surface area contributed by atoms with Crippen LogP contribution in [-0.4, -0.2) is 30.2 Å². The summed E-state index contributed by atoms with van der Waals surface area (Å²) in [5.74, 6) is -4.88. The van der Waals surface area contributed by atoms with Crippen LogP contribution in [0, 0.1) is 0 Å². The fraction of sp³-hybridized carbons (Fsp3) is 0.333. The maximum Gasteiger partial charge on any atom is 1.00 e. The van der Waals surface area contributed by atoms with Gasteiger partial charge >= 0.3 is 103 Å². The Morgan fingerprint density at radius 3 is 1.31 bits per heavy atom. The Balaban J connectivity index is -0.000000500. The predicted molar refractivity (Wildman–Crippen MR) is 25.4 cm³/mol. The van der Waals surface area contributed by atoms with E-state index >= 15 is 0 Å². The number of carbonyl (C=O) groups is 2. The van der Waals surface area contributed by atoms with Gasteiger partial charge in [-0.05, 0) is 0 Å². The minimum Gasteiger partial charge on any atom is -0.548 e. The van der Waals surface area contributed by atoms with E-state index in [0.717, 1.165) is 0 Å². The number of hydrogen-bond acceptors (Lipinski definition) is 6. The van der Waals surface area contributed by atoms with E-state index in [1.807, 2.05) is 0 Å². The largest absolute Gasteiger partial charge is 1.00 e. The van der Waals surface area contributed by atoms with Gasteiger partial charge in [0.15, 0.2) is 5.25 Å². The summed E-state index contributed by atoms with van der Waals surface area (Å²) < 4.78 is 27.8. The molecule has 0 aromatic carbocycles. The average molecular weight is 260 g/mol. The fourth-order valence-corrected chi connectivity index (χ4v) is 0.826. The Labute approximate surface area is 159 Å². The number of carbonyl (C=O) groups excluding carboxylic acids is 2. The predicted octanol–water partition coefficient (Wildman–Crippen LogP) is -10.2. The standard InChI is InChI=1S/C3H4O7S.2K/c4-2(5)1(3(6)7)11(8,9)10;;/h1H,(H,4,5)(H,6,7)(H,8,9,10);;/q;2*+1/p-2. The molecule has 0 saturated carbocycles.